The Kier molecular flexibility index (Phi) is 14.4. The zero-order chi connectivity index (χ0) is 11.7. The summed E-state index contributed by atoms with van der Waals surface area (Å²) in [5, 5.41) is 20.0. The number of rotatable bonds is 2. The molecule has 0 N–H and O–H groups in total. The van der Waals surface area contributed by atoms with Crippen LogP contribution in [-0.4, -0.2) is 11.6 Å². The second-order valence-corrected chi connectivity index (χ2v) is 2.73. The van der Waals surface area contributed by atoms with Crippen LogP contribution in [0.2, 0.25) is 0 Å². The zero-order valence-electron chi connectivity index (χ0n) is 9.23. The SMILES string of the molecule is CC(=O)C=C(C)[O-].CC(=O)C=C(C)[O-].[V+2]. The maximum atomic E-state index is 9.98. The Balaban J connectivity index is -0.000000180. The molecule has 4 nitrogen and oxygen atoms in total. The second kappa shape index (κ2) is 11.1. The predicted molar refractivity (Wildman–Crippen MR) is 48.9 cm³/mol. The fourth-order valence-corrected chi connectivity index (χ4v) is 0.572. The molecule has 0 aliphatic rings. The van der Waals surface area contributed by atoms with Gasteiger partial charge in [-0.25, -0.2) is 0 Å². The van der Waals surface area contributed by atoms with Crippen LogP contribution in [0, 0.1) is 0 Å². The van der Waals surface area contributed by atoms with Gasteiger partial charge in [0.05, 0.1) is 0 Å². The largest absolute Gasteiger partial charge is 2.00 e. The first-order valence-electron chi connectivity index (χ1n) is 3.97. The van der Waals surface area contributed by atoms with Crippen molar-refractivity contribution >= 4 is 11.6 Å². The van der Waals surface area contributed by atoms with E-state index in [0.29, 0.717) is 0 Å². The third kappa shape index (κ3) is 32.1. The van der Waals surface area contributed by atoms with Gasteiger partial charge in [0.25, 0.3) is 0 Å². The van der Waals surface area contributed by atoms with Crippen molar-refractivity contribution in [2.24, 2.45) is 0 Å². The topological polar surface area (TPSA) is 80.3 Å². The summed E-state index contributed by atoms with van der Waals surface area (Å²) >= 11 is 0. The Morgan fingerprint density at radius 1 is 0.800 bits per heavy atom. The Labute approximate surface area is 102 Å². The fourth-order valence-electron chi connectivity index (χ4n) is 0.572. The van der Waals surface area contributed by atoms with Gasteiger partial charge in [0.2, 0.25) is 0 Å². The molecule has 83 valence electrons. The molecule has 0 spiro atoms. The fraction of sp³-hybridized carbons (Fsp3) is 0.400. The summed E-state index contributed by atoms with van der Waals surface area (Å²) in [5.41, 5.74) is 0. The van der Waals surface area contributed by atoms with Crippen LogP contribution in [-0.2, 0) is 28.1 Å². The smallest absolute Gasteiger partial charge is 0.876 e. The quantitative estimate of drug-likeness (QED) is 0.496. The first-order valence-corrected chi connectivity index (χ1v) is 3.97. The van der Waals surface area contributed by atoms with E-state index in [9.17, 15) is 19.8 Å². The Bertz CT molecular complexity index is 231. The molecular formula is C10H14O4V. The Morgan fingerprint density at radius 2 is 1.00 bits per heavy atom. The Hall–Kier alpha value is -0.996. The van der Waals surface area contributed by atoms with E-state index in [2.05, 4.69) is 0 Å². The van der Waals surface area contributed by atoms with Gasteiger partial charge in [-0.3, -0.25) is 9.59 Å². The second-order valence-electron chi connectivity index (χ2n) is 2.73. The number of hydrogen-bond donors (Lipinski definition) is 0. The van der Waals surface area contributed by atoms with E-state index < -0.39 is 0 Å². The molecule has 0 aliphatic carbocycles. The van der Waals surface area contributed by atoms with Gasteiger partial charge < -0.3 is 10.2 Å². The van der Waals surface area contributed by atoms with E-state index in [-0.39, 0.29) is 41.6 Å². The monoisotopic (exact) mass is 249 g/mol. The third-order valence-corrected chi connectivity index (χ3v) is 0.813. The minimum atomic E-state index is -0.187. The molecule has 0 aromatic rings. The van der Waals surface area contributed by atoms with Crippen molar-refractivity contribution in [3.05, 3.63) is 23.7 Å². The summed E-state index contributed by atoms with van der Waals surface area (Å²) in [4.78, 5) is 20.0. The summed E-state index contributed by atoms with van der Waals surface area (Å²) in [7, 11) is 0. The van der Waals surface area contributed by atoms with Gasteiger partial charge in [0, 0.05) is 0 Å². The van der Waals surface area contributed by atoms with Gasteiger partial charge in [-0.2, -0.15) is 0 Å². The average Bonchev–Trinajstić information content (AvgIpc) is 1.79. The summed E-state index contributed by atoms with van der Waals surface area (Å²) < 4.78 is 0. The molecule has 0 unspecified atom stereocenters. The third-order valence-electron chi connectivity index (χ3n) is 0.813. The predicted octanol–water partition coefficient (Wildman–Crippen LogP) is -0.324. The van der Waals surface area contributed by atoms with Crippen LogP contribution in [0.5, 0.6) is 0 Å². The number of ketones is 2. The van der Waals surface area contributed by atoms with Gasteiger partial charge in [-0.1, -0.05) is 13.8 Å². The van der Waals surface area contributed by atoms with Crippen molar-refractivity contribution in [2.75, 3.05) is 0 Å². The van der Waals surface area contributed by atoms with Crippen molar-refractivity contribution in [1.29, 1.82) is 0 Å². The first kappa shape index (κ1) is 19.6. The van der Waals surface area contributed by atoms with Crippen molar-refractivity contribution < 1.29 is 38.4 Å². The van der Waals surface area contributed by atoms with Gasteiger partial charge in [0.15, 0.2) is 11.6 Å². The molecule has 0 aromatic carbocycles. The molecule has 0 bridgehead atoms. The average molecular weight is 249 g/mol. The van der Waals surface area contributed by atoms with Crippen molar-refractivity contribution in [1.82, 2.24) is 0 Å². The molecule has 0 saturated heterocycles. The van der Waals surface area contributed by atoms with Crippen LogP contribution < -0.4 is 10.2 Å². The zero-order valence-corrected chi connectivity index (χ0v) is 10.6. The summed E-state index contributed by atoms with van der Waals surface area (Å²) in [6.45, 7) is 5.39. The van der Waals surface area contributed by atoms with E-state index in [1.54, 1.807) is 0 Å². The molecule has 0 aliphatic heterocycles. The van der Waals surface area contributed by atoms with Crippen molar-refractivity contribution in [2.45, 2.75) is 27.7 Å². The summed E-state index contributed by atoms with van der Waals surface area (Å²) in [5.74, 6) is -0.750. The van der Waals surface area contributed by atoms with Crippen LogP contribution in [0.4, 0.5) is 0 Å². The van der Waals surface area contributed by atoms with Crippen LogP contribution >= 0.6 is 0 Å². The minimum Gasteiger partial charge on any atom is -0.876 e. The standard InChI is InChI=1S/2C5H8O2.V/c2*1-4(6)3-5(2)7;/h2*3,6H,1-2H3;/q;;+2/p-2. The van der Waals surface area contributed by atoms with E-state index >= 15 is 0 Å². The van der Waals surface area contributed by atoms with Gasteiger partial charge in [-0.05, 0) is 26.0 Å². The Morgan fingerprint density at radius 3 is 1.00 bits per heavy atom. The van der Waals surface area contributed by atoms with E-state index in [0.717, 1.165) is 12.2 Å². The number of allylic oxidation sites excluding steroid dienone is 4. The van der Waals surface area contributed by atoms with Crippen LogP contribution in [0.3, 0.4) is 0 Å². The maximum Gasteiger partial charge on any atom is 2.00 e. The maximum absolute atomic E-state index is 9.98. The molecule has 1 radical (unpaired) electrons. The van der Waals surface area contributed by atoms with E-state index in [1.807, 2.05) is 0 Å². The van der Waals surface area contributed by atoms with Gasteiger partial charge in [0.1, 0.15) is 0 Å². The molecular weight excluding hydrogens is 235 g/mol. The van der Waals surface area contributed by atoms with Gasteiger partial charge >= 0.3 is 18.6 Å². The normalized spacial score (nSPS) is 10.7. The molecule has 0 heterocycles. The molecule has 0 amide bonds. The van der Waals surface area contributed by atoms with E-state index in [1.165, 1.54) is 27.7 Å². The number of carbonyl (C=O) groups is 2. The van der Waals surface area contributed by atoms with Crippen molar-refractivity contribution in [3.8, 4) is 0 Å². The number of carbonyl (C=O) groups excluding carboxylic acids is 2. The molecule has 0 fully saturated rings. The van der Waals surface area contributed by atoms with Crippen LogP contribution in [0.15, 0.2) is 23.7 Å². The molecule has 0 aromatic heterocycles. The molecule has 5 heteroatoms. The van der Waals surface area contributed by atoms with Crippen molar-refractivity contribution in [3.63, 3.8) is 0 Å². The summed E-state index contributed by atoms with van der Waals surface area (Å²) in [6, 6.07) is 0. The number of hydrogen-bond acceptors (Lipinski definition) is 4. The minimum absolute atomic E-state index is 0. The van der Waals surface area contributed by atoms with Crippen LogP contribution in [0.1, 0.15) is 27.7 Å². The summed E-state index contributed by atoms with van der Waals surface area (Å²) in [6.07, 6.45) is 2.11. The molecule has 0 saturated carbocycles. The first-order chi connectivity index (χ1) is 6.25. The molecule has 0 rings (SSSR count). The van der Waals surface area contributed by atoms with Gasteiger partial charge in [-0.15, -0.1) is 11.5 Å². The molecule has 15 heavy (non-hydrogen) atoms. The van der Waals surface area contributed by atoms with Crippen LogP contribution in [0.25, 0.3) is 0 Å². The van der Waals surface area contributed by atoms with E-state index in [4.69, 9.17) is 0 Å². The molecule has 0 atom stereocenters.